The van der Waals surface area contributed by atoms with E-state index in [2.05, 4.69) is 5.32 Å². The smallest absolute Gasteiger partial charge is 0.310 e. The zero-order valence-electron chi connectivity index (χ0n) is 8.40. The summed E-state index contributed by atoms with van der Waals surface area (Å²) in [5.41, 5.74) is 1.56. The summed E-state index contributed by atoms with van der Waals surface area (Å²) in [7, 11) is 0. The summed E-state index contributed by atoms with van der Waals surface area (Å²) >= 11 is 0. The van der Waals surface area contributed by atoms with Gasteiger partial charge in [-0.15, -0.1) is 0 Å². The van der Waals surface area contributed by atoms with Crippen molar-refractivity contribution in [1.82, 2.24) is 5.32 Å². The average molecular weight is 192 g/mol. The Morgan fingerprint density at radius 3 is 2.71 bits per heavy atom. The van der Waals surface area contributed by atoms with E-state index in [-0.39, 0.29) is 0 Å². The molecule has 0 spiro atoms. The van der Waals surface area contributed by atoms with Gasteiger partial charge in [0, 0.05) is 6.54 Å². The molecule has 3 heteroatoms. The van der Waals surface area contributed by atoms with Crippen LogP contribution in [0, 0.1) is 0 Å². The van der Waals surface area contributed by atoms with Gasteiger partial charge in [0.05, 0.1) is 11.6 Å². The molecule has 1 unspecified atom stereocenters. The zero-order chi connectivity index (χ0) is 10.6. The van der Waals surface area contributed by atoms with Crippen molar-refractivity contribution >= 4 is 11.7 Å². The molecule has 1 N–H and O–H groups in total. The number of carboxylic acids is 1. The molecular weight excluding hydrogens is 178 g/mol. The number of benzene rings is 1. The second-order valence-electron chi connectivity index (χ2n) is 3.09. The second-order valence-corrected chi connectivity index (χ2v) is 3.09. The van der Waals surface area contributed by atoms with Crippen molar-refractivity contribution in [2.24, 2.45) is 0 Å². The van der Waals surface area contributed by atoms with Crippen LogP contribution in [0.4, 0.5) is 5.69 Å². The summed E-state index contributed by atoms with van der Waals surface area (Å²) in [6.07, 6.45) is 0. The predicted molar refractivity (Wildman–Crippen MR) is 54.8 cm³/mol. The Morgan fingerprint density at radius 2 is 2.14 bits per heavy atom. The topological polar surface area (TPSA) is 51.4 Å². The van der Waals surface area contributed by atoms with Gasteiger partial charge in [0.15, 0.2) is 0 Å². The highest BCUT2D eigenvalue weighted by Crippen LogP contribution is 2.24. The Kier molecular flexibility index (Phi) is 3.51. The van der Waals surface area contributed by atoms with Crippen molar-refractivity contribution in [3.63, 3.8) is 0 Å². The highest BCUT2D eigenvalue weighted by Gasteiger charge is 2.16. The van der Waals surface area contributed by atoms with Crippen LogP contribution in [-0.2, 0) is 4.79 Å². The Hall–Kier alpha value is -1.51. The molecule has 0 saturated carbocycles. The van der Waals surface area contributed by atoms with Gasteiger partial charge >= 0.3 is 5.97 Å². The average Bonchev–Trinajstić information content (AvgIpc) is 2.18. The fraction of sp³-hybridized carbons (Fsp3) is 0.364. The van der Waals surface area contributed by atoms with Gasteiger partial charge in [0.2, 0.25) is 0 Å². The quantitative estimate of drug-likeness (QED) is 0.794. The monoisotopic (exact) mass is 192 g/mol. The number of hydrogen-bond acceptors (Lipinski definition) is 1. The molecule has 0 saturated heterocycles. The Labute approximate surface area is 83.8 Å². The Balaban J connectivity index is 3.00. The first-order valence-corrected chi connectivity index (χ1v) is 4.66. The molecule has 0 aliphatic heterocycles. The minimum Gasteiger partial charge on any atom is -0.481 e. The van der Waals surface area contributed by atoms with Crippen LogP contribution in [-0.4, -0.2) is 17.6 Å². The van der Waals surface area contributed by atoms with Crippen molar-refractivity contribution in [3.05, 3.63) is 29.8 Å². The number of hydrogen-bond donors (Lipinski definition) is 1. The number of para-hydroxylation sites is 1. The van der Waals surface area contributed by atoms with Crippen molar-refractivity contribution in [2.45, 2.75) is 19.8 Å². The van der Waals surface area contributed by atoms with Gasteiger partial charge in [-0.05, 0) is 25.5 Å². The molecule has 3 nitrogen and oxygen atoms in total. The van der Waals surface area contributed by atoms with E-state index in [0.717, 1.165) is 11.3 Å². The first-order valence-electron chi connectivity index (χ1n) is 4.66. The van der Waals surface area contributed by atoms with Crippen molar-refractivity contribution < 1.29 is 9.90 Å². The molecular formula is C11H14NO2. The maximum absolute atomic E-state index is 10.8. The molecule has 1 radical (unpaired) electrons. The van der Waals surface area contributed by atoms with E-state index in [9.17, 15) is 4.79 Å². The van der Waals surface area contributed by atoms with Crippen LogP contribution < -0.4 is 5.32 Å². The molecule has 0 aliphatic carbocycles. The van der Waals surface area contributed by atoms with E-state index < -0.39 is 11.9 Å². The summed E-state index contributed by atoms with van der Waals surface area (Å²) < 4.78 is 0. The number of carboxylic acid groups (broad SMARTS) is 1. The van der Waals surface area contributed by atoms with Crippen LogP contribution in [0.2, 0.25) is 0 Å². The second kappa shape index (κ2) is 4.65. The van der Waals surface area contributed by atoms with E-state index in [1.807, 2.05) is 31.2 Å². The summed E-state index contributed by atoms with van der Waals surface area (Å²) in [5.74, 6) is -1.31. The first-order chi connectivity index (χ1) is 6.66. The standard InChI is InChI=1S/C11H14NO2/c1-3-12-10-7-5-4-6-9(10)8(2)11(13)14/h4-8H,3H2,1-2H3,(H,13,14). The van der Waals surface area contributed by atoms with Crippen LogP contribution in [0.15, 0.2) is 24.3 Å². The Bertz CT molecular complexity index is 323. The first kappa shape index (κ1) is 10.6. The van der Waals surface area contributed by atoms with Crippen LogP contribution in [0.1, 0.15) is 25.3 Å². The maximum Gasteiger partial charge on any atom is 0.310 e. The van der Waals surface area contributed by atoms with Gasteiger partial charge in [0.25, 0.3) is 0 Å². The molecule has 0 heterocycles. The molecule has 0 aliphatic rings. The molecule has 1 aromatic rings. The van der Waals surface area contributed by atoms with Crippen LogP contribution in [0.25, 0.3) is 0 Å². The highest BCUT2D eigenvalue weighted by atomic mass is 16.4. The number of carbonyl (C=O) groups is 1. The Morgan fingerprint density at radius 1 is 1.50 bits per heavy atom. The number of aliphatic carboxylic acids is 1. The van der Waals surface area contributed by atoms with Crippen LogP contribution in [0.5, 0.6) is 0 Å². The number of nitrogens with zero attached hydrogens (tertiary/aromatic N) is 1. The minimum absolute atomic E-state index is 0.499. The molecule has 0 fully saturated rings. The normalized spacial score (nSPS) is 12.1. The van der Waals surface area contributed by atoms with Crippen molar-refractivity contribution in [1.29, 1.82) is 0 Å². The minimum atomic E-state index is -0.816. The third-order valence-corrected chi connectivity index (χ3v) is 2.10. The lowest BCUT2D eigenvalue weighted by Gasteiger charge is -2.11. The van der Waals surface area contributed by atoms with E-state index in [1.165, 1.54) is 0 Å². The van der Waals surface area contributed by atoms with E-state index in [1.54, 1.807) is 6.92 Å². The highest BCUT2D eigenvalue weighted by molar-refractivity contribution is 5.77. The van der Waals surface area contributed by atoms with E-state index in [4.69, 9.17) is 5.11 Å². The summed E-state index contributed by atoms with van der Waals surface area (Å²) in [6.45, 7) is 4.28. The van der Waals surface area contributed by atoms with Gasteiger partial charge < -0.3 is 5.11 Å². The predicted octanol–water partition coefficient (Wildman–Crippen LogP) is 2.13. The lowest BCUT2D eigenvalue weighted by Crippen LogP contribution is -2.10. The van der Waals surface area contributed by atoms with E-state index >= 15 is 0 Å². The fourth-order valence-corrected chi connectivity index (χ4v) is 1.30. The molecule has 75 valence electrons. The van der Waals surface area contributed by atoms with Gasteiger partial charge in [0.1, 0.15) is 0 Å². The summed E-state index contributed by atoms with van der Waals surface area (Å²) in [5, 5.41) is 13.1. The fourth-order valence-electron chi connectivity index (χ4n) is 1.30. The lowest BCUT2D eigenvalue weighted by atomic mass is 9.99. The van der Waals surface area contributed by atoms with Gasteiger partial charge in [-0.2, -0.15) is 0 Å². The molecule has 14 heavy (non-hydrogen) atoms. The molecule has 0 aromatic heterocycles. The number of rotatable bonds is 4. The van der Waals surface area contributed by atoms with Gasteiger partial charge in [-0.1, -0.05) is 18.2 Å². The van der Waals surface area contributed by atoms with Crippen molar-refractivity contribution in [3.8, 4) is 0 Å². The summed E-state index contributed by atoms with van der Waals surface area (Å²) in [4.78, 5) is 10.8. The van der Waals surface area contributed by atoms with Gasteiger partial charge in [-0.3, -0.25) is 10.1 Å². The molecule has 1 rings (SSSR count). The van der Waals surface area contributed by atoms with Gasteiger partial charge in [-0.25, -0.2) is 0 Å². The summed E-state index contributed by atoms with van der Waals surface area (Å²) in [6, 6.07) is 7.36. The van der Waals surface area contributed by atoms with E-state index in [0.29, 0.717) is 6.54 Å². The molecule has 0 bridgehead atoms. The van der Waals surface area contributed by atoms with Crippen LogP contribution >= 0.6 is 0 Å². The molecule has 0 amide bonds. The maximum atomic E-state index is 10.8. The SMILES string of the molecule is CC[N]c1ccccc1C(C)C(=O)O. The van der Waals surface area contributed by atoms with Crippen molar-refractivity contribution in [2.75, 3.05) is 6.54 Å². The third-order valence-electron chi connectivity index (χ3n) is 2.10. The molecule has 1 aromatic carbocycles. The lowest BCUT2D eigenvalue weighted by molar-refractivity contribution is -0.138. The van der Waals surface area contributed by atoms with Crippen LogP contribution in [0.3, 0.4) is 0 Å². The third kappa shape index (κ3) is 2.25. The molecule has 1 atom stereocenters. The zero-order valence-corrected chi connectivity index (χ0v) is 8.40. The largest absolute Gasteiger partial charge is 0.481 e.